The van der Waals surface area contributed by atoms with E-state index in [4.69, 9.17) is 21.1 Å². The zero-order chi connectivity index (χ0) is 12.4. The molecule has 0 N–H and O–H groups in total. The van der Waals surface area contributed by atoms with E-state index in [-0.39, 0.29) is 18.8 Å². The summed E-state index contributed by atoms with van der Waals surface area (Å²) in [4.78, 5) is 22.9. The van der Waals surface area contributed by atoms with E-state index in [1.165, 1.54) is 6.08 Å². The molecular formula is C11H17ClO4. The molecule has 5 heteroatoms. The van der Waals surface area contributed by atoms with Crippen molar-refractivity contribution in [3.63, 3.8) is 0 Å². The second-order valence-corrected chi connectivity index (χ2v) is 3.27. The number of alkyl halides is 1. The van der Waals surface area contributed by atoms with Gasteiger partial charge in [0.1, 0.15) is 5.57 Å². The Hall–Kier alpha value is -1.03. The average Bonchev–Trinajstić information content (AvgIpc) is 2.25. The highest BCUT2D eigenvalue weighted by atomic mass is 35.5. The Kier molecular flexibility index (Phi) is 8.62. The molecule has 0 heterocycles. The number of hydrogen-bond acceptors (Lipinski definition) is 4. The first-order valence-corrected chi connectivity index (χ1v) is 5.81. The van der Waals surface area contributed by atoms with Crippen molar-refractivity contribution in [2.24, 2.45) is 0 Å². The number of halogens is 1. The Morgan fingerprint density at radius 2 is 1.62 bits per heavy atom. The lowest BCUT2D eigenvalue weighted by Gasteiger charge is -2.06. The van der Waals surface area contributed by atoms with Crippen LogP contribution < -0.4 is 0 Å². The van der Waals surface area contributed by atoms with Crippen LogP contribution in [0.4, 0.5) is 0 Å². The minimum absolute atomic E-state index is 0.0474. The summed E-state index contributed by atoms with van der Waals surface area (Å²) in [6.45, 7) is 3.81. The molecule has 4 nitrogen and oxygen atoms in total. The lowest BCUT2D eigenvalue weighted by molar-refractivity contribution is -0.146. The van der Waals surface area contributed by atoms with Crippen molar-refractivity contribution in [1.29, 1.82) is 0 Å². The van der Waals surface area contributed by atoms with E-state index in [9.17, 15) is 9.59 Å². The highest BCUT2D eigenvalue weighted by Gasteiger charge is 2.19. The van der Waals surface area contributed by atoms with Crippen LogP contribution in [0, 0.1) is 0 Å². The van der Waals surface area contributed by atoms with E-state index < -0.39 is 11.9 Å². The quantitative estimate of drug-likeness (QED) is 0.173. The Morgan fingerprint density at radius 3 is 2.00 bits per heavy atom. The molecule has 0 aliphatic carbocycles. The Morgan fingerprint density at radius 1 is 1.12 bits per heavy atom. The summed E-state index contributed by atoms with van der Waals surface area (Å²) < 4.78 is 9.52. The number of carbonyl (C=O) groups excluding carboxylic acids is 2. The van der Waals surface area contributed by atoms with Crippen LogP contribution in [-0.2, 0) is 19.1 Å². The van der Waals surface area contributed by atoms with Gasteiger partial charge in [0.15, 0.2) is 0 Å². The van der Waals surface area contributed by atoms with E-state index >= 15 is 0 Å². The monoisotopic (exact) mass is 248 g/mol. The fraction of sp³-hybridized carbons (Fsp3) is 0.636. The summed E-state index contributed by atoms with van der Waals surface area (Å²) in [5.41, 5.74) is -0.0474. The van der Waals surface area contributed by atoms with Crippen LogP contribution >= 0.6 is 11.6 Å². The summed E-state index contributed by atoms with van der Waals surface area (Å²) in [6.07, 6.45) is 2.76. The van der Waals surface area contributed by atoms with Gasteiger partial charge in [-0.3, -0.25) is 0 Å². The lowest BCUT2D eigenvalue weighted by Crippen LogP contribution is -2.18. The summed E-state index contributed by atoms with van der Waals surface area (Å²) >= 11 is 5.50. The third-order valence-electron chi connectivity index (χ3n) is 1.68. The van der Waals surface area contributed by atoms with Crippen molar-refractivity contribution in [2.45, 2.75) is 26.7 Å². The Bertz CT molecular complexity index is 241. The third-order valence-corrected chi connectivity index (χ3v) is 1.94. The topological polar surface area (TPSA) is 52.6 Å². The zero-order valence-corrected chi connectivity index (χ0v) is 10.4. The maximum atomic E-state index is 11.4. The molecule has 0 atom stereocenters. The minimum Gasteiger partial charge on any atom is -0.462 e. The molecule has 0 bridgehead atoms. The van der Waals surface area contributed by atoms with Crippen molar-refractivity contribution >= 4 is 23.5 Å². The highest BCUT2D eigenvalue weighted by Crippen LogP contribution is 2.06. The molecule has 0 saturated heterocycles. The third kappa shape index (κ3) is 5.75. The molecule has 0 aromatic carbocycles. The SMILES string of the molecule is CCOC(=O)C(=CCCCCl)C(=O)OCC. The van der Waals surface area contributed by atoms with Crippen molar-refractivity contribution in [3.05, 3.63) is 11.6 Å². The van der Waals surface area contributed by atoms with Gasteiger partial charge in [-0.15, -0.1) is 11.6 Å². The molecule has 0 fully saturated rings. The molecule has 16 heavy (non-hydrogen) atoms. The minimum atomic E-state index is -0.643. The lowest BCUT2D eigenvalue weighted by atomic mass is 10.2. The van der Waals surface area contributed by atoms with Crippen molar-refractivity contribution in [3.8, 4) is 0 Å². The molecule has 0 amide bonds. The van der Waals surface area contributed by atoms with Crippen molar-refractivity contribution < 1.29 is 19.1 Å². The predicted octanol–water partition coefficient (Wildman–Crippen LogP) is 2.06. The standard InChI is InChI=1S/C11H17ClO4/c1-3-15-10(13)9(7-5-6-8-12)11(14)16-4-2/h7H,3-6,8H2,1-2H3. The molecule has 0 aromatic heterocycles. The maximum Gasteiger partial charge on any atom is 0.345 e. The molecule has 0 rings (SSSR count). The van der Waals surface area contributed by atoms with Gasteiger partial charge >= 0.3 is 11.9 Å². The zero-order valence-electron chi connectivity index (χ0n) is 9.62. The first-order valence-electron chi connectivity index (χ1n) is 5.27. The molecule has 0 unspecified atom stereocenters. The normalized spacial score (nSPS) is 9.44. The van der Waals surface area contributed by atoms with E-state index in [1.54, 1.807) is 13.8 Å². The summed E-state index contributed by atoms with van der Waals surface area (Å²) in [5, 5.41) is 0. The van der Waals surface area contributed by atoms with Crippen LogP contribution in [-0.4, -0.2) is 31.0 Å². The number of unbranched alkanes of at least 4 members (excludes halogenated alkanes) is 1. The predicted molar refractivity (Wildman–Crippen MR) is 61.3 cm³/mol. The Balaban J connectivity index is 4.55. The Labute approximate surface area is 101 Å². The summed E-state index contributed by atoms with van der Waals surface area (Å²) in [6, 6.07) is 0. The molecule has 0 aliphatic heterocycles. The van der Waals surface area contributed by atoms with Gasteiger partial charge in [0.2, 0.25) is 0 Å². The summed E-state index contributed by atoms with van der Waals surface area (Å²) in [7, 11) is 0. The first-order chi connectivity index (χ1) is 7.67. The van der Waals surface area contributed by atoms with Crippen LogP contribution in [0.3, 0.4) is 0 Å². The number of ether oxygens (including phenoxy) is 2. The molecule has 92 valence electrons. The number of allylic oxidation sites excluding steroid dienone is 1. The van der Waals surface area contributed by atoms with E-state index in [0.29, 0.717) is 18.7 Å². The second-order valence-electron chi connectivity index (χ2n) is 2.89. The number of esters is 2. The molecule has 0 spiro atoms. The molecule has 0 aromatic rings. The largest absolute Gasteiger partial charge is 0.462 e. The molecule has 0 aliphatic rings. The van der Waals surface area contributed by atoms with Crippen molar-refractivity contribution in [1.82, 2.24) is 0 Å². The molecule has 0 radical (unpaired) electrons. The number of hydrogen-bond donors (Lipinski definition) is 0. The van der Waals surface area contributed by atoms with Gasteiger partial charge in [0, 0.05) is 5.88 Å². The van der Waals surface area contributed by atoms with E-state index in [2.05, 4.69) is 0 Å². The number of carbonyl (C=O) groups is 2. The van der Waals surface area contributed by atoms with Gasteiger partial charge in [-0.1, -0.05) is 6.08 Å². The van der Waals surface area contributed by atoms with Crippen LogP contribution in [0.1, 0.15) is 26.7 Å². The van der Waals surface area contributed by atoms with Crippen LogP contribution in [0.15, 0.2) is 11.6 Å². The van der Waals surface area contributed by atoms with Gasteiger partial charge in [-0.2, -0.15) is 0 Å². The van der Waals surface area contributed by atoms with E-state index in [0.717, 1.165) is 0 Å². The van der Waals surface area contributed by atoms with Gasteiger partial charge in [0.25, 0.3) is 0 Å². The van der Waals surface area contributed by atoms with Crippen molar-refractivity contribution in [2.75, 3.05) is 19.1 Å². The fourth-order valence-corrected chi connectivity index (χ4v) is 1.15. The highest BCUT2D eigenvalue weighted by molar-refractivity contribution is 6.17. The van der Waals surface area contributed by atoms with Gasteiger partial charge < -0.3 is 9.47 Å². The summed E-state index contributed by atoms with van der Waals surface area (Å²) in [5.74, 6) is -0.804. The van der Waals surface area contributed by atoms with Crippen LogP contribution in [0.5, 0.6) is 0 Å². The second kappa shape index (κ2) is 9.21. The average molecular weight is 249 g/mol. The van der Waals surface area contributed by atoms with Crippen LogP contribution in [0.2, 0.25) is 0 Å². The fourth-order valence-electron chi connectivity index (χ4n) is 0.991. The molecule has 0 saturated carbocycles. The first kappa shape index (κ1) is 15.0. The van der Waals surface area contributed by atoms with Gasteiger partial charge in [-0.25, -0.2) is 9.59 Å². The number of rotatable bonds is 7. The van der Waals surface area contributed by atoms with Gasteiger partial charge in [-0.05, 0) is 26.7 Å². The molecular weight excluding hydrogens is 232 g/mol. The van der Waals surface area contributed by atoms with Crippen LogP contribution in [0.25, 0.3) is 0 Å². The van der Waals surface area contributed by atoms with Gasteiger partial charge in [0.05, 0.1) is 13.2 Å². The maximum absolute atomic E-state index is 11.4. The van der Waals surface area contributed by atoms with E-state index in [1.807, 2.05) is 0 Å². The smallest absolute Gasteiger partial charge is 0.345 e.